The van der Waals surface area contributed by atoms with Crippen molar-refractivity contribution in [3.05, 3.63) is 47.9 Å². The molecule has 1 aromatic carbocycles. The molecule has 0 fully saturated rings. The standard InChI is InChI=1S/C13H15N3O2/c1-17-10-5-3-9(4-6-10)11(14)12-13(18-2)16-8-7-15-12/h3-8,11H,14H2,1-2H3. The molecule has 0 aliphatic rings. The van der Waals surface area contributed by atoms with E-state index in [0.29, 0.717) is 11.6 Å². The summed E-state index contributed by atoms with van der Waals surface area (Å²) in [6.45, 7) is 0. The van der Waals surface area contributed by atoms with Crippen LogP contribution in [0, 0.1) is 0 Å². The van der Waals surface area contributed by atoms with Gasteiger partial charge in [-0.25, -0.2) is 4.98 Å². The third kappa shape index (κ3) is 2.41. The van der Waals surface area contributed by atoms with Crippen LogP contribution in [-0.4, -0.2) is 24.2 Å². The molecule has 1 heterocycles. The molecule has 2 aromatic rings. The second-order valence-electron chi connectivity index (χ2n) is 3.70. The Bertz CT molecular complexity index is 514. The Morgan fingerprint density at radius 3 is 2.28 bits per heavy atom. The van der Waals surface area contributed by atoms with Gasteiger partial charge >= 0.3 is 0 Å². The van der Waals surface area contributed by atoms with Crippen LogP contribution in [0.1, 0.15) is 17.3 Å². The molecule has 94 valence electrons. The maximum absolute atomic E-state index is 6.16. The van der Waals surface area contributed by atoms with Crippen LogP contribution in [0.15, 0.2) is 36.7 Å². The third-order valence-electron chi connectivity index (χ3n) is 2.65. The molecule has 5 nitrogen and oxygen atoms in total. The van der Waals surface area contributed by atoms with E-state index in [2.05, 4.69) is 9.97 Å². The normalized spacial score (nSPS) is 11.9. The molecule has 1 unspecified atom stereocenters. The Labute approximate surface area is 106 Å². The Kier molecular flexibility index (Phi) is 3.74. The number of hydrogen-bond acceptors (Lipinski definition) is 5. The average Bonchev–Trinajstić information content (AvgIpc) is 2.46. The molecule has 2 N–H and O–H groups in total. The van der Waals surface area contributed by atoms with Crippen molar-refractivity contribution in [2.45, 2.75) is 6.04 Å². The van der Waals surface area contributed by atoms with Gasteiger partial charge < -0.3 is 15.2 Å². The number of methoxy groups -OCH3 is 2. The lowest BCUT2D eigenvalue weighted by atomic mass is 10.0. The van der Waals surface area contributed by atoms with Gasteiger partial charge in [0.15, 0.2) is 0 Å². The van der Waals surface area contributed by atoms with Gasteiger partial charge in [-0.3, -0.25) is 4.98 Å². The highest BCUT2D eigenvalue weighted by Crippen LogP contribution is 2.25. The molecule has 0 aliphatic carbocycles. The van der Waals surface area contributed by atoms with E-state index in [0.717, 1.165) is 11.3 Å². The fraction of sp³-hybridized carbons (Fsp3) is 0.231. The van der Waals surface area contributed by atoms with Crippen LogP contribution in [0.5, 0.6) is 11.6 Å². The Hall–Kier alpha value is -2.14. The number of ether oxygens (including phenoxy) is 2. The second-order valence-corrected chi connectivity index (χ2v) is 3.70. The molecule has 1 atom stereocenters. The van der Waals surface area contributed by atoms with Gasteiger partial charge in [0.05, 0.1) is 20.3 Å². The summed E-state index contributed by atoms with van der Waals surface area (Å²) in [7, 11) is 3.18. The van der Waals surface area contributed by atoms with E-state index < -0.39 is 0 Å². The van der Waals surface area contributed by atoms with Crippen molar-refractivity contribution in [3.8, 4) is 11.6 Å². The first-order chi connectivity index (χ1) is 8.76. The Morgan fingerprint density at radius 1 is 1.00 bits per heavy atom. The largest absolute Gasteiger partial charge is 0.497 e. The van der Waals surface area contributed by atoms with E-state index >= 15 is 0 Å². The average molecular weight is 245 g/mol. The monoisotopic (exact) mass is 245 g/mol. The van der Waals surface area contributed by atoms with Crippen molar-refractivity contribution in [1.82, 2.24) is 9.97 Å². The number of nitrogens with two attached hydrogens (primary N) is 1. The smallest absolute Gasteiger partial charge is 0.237 e. The van der Waals surface area contributed by atoms with E-state index in [-0.39, 0.29) is 6.04 Å². The number of aromatic nitrogens is 2. The molecule has 0 amide bonds. The lowest BCUT2D eigenvalue weighted by molar-refractivity contribution is 0.387. The van der Waals surface area contributed by atoms with Crippen LogP contribution < -0.4 is 15.2 Å². The molecule has 0 radical (unpaired) electrons. The fourth-order valence-corrected chi connectivity index (χ4v) is 1.68. The molecule has 5 heteroatoms. The zero-order chi connectivity index (χ0) is 13.0. The van der Waals surface area contributed by atoms with Crippen LogP contribution in [0.3, 0.4) is 0 Å². The molecule has 0 aliphatic heterocycles. The lowest BCUT2D eigenvalue weighted by Gasteiger charge is -2.14. The zero-order valence-electron chi connectivity index (χ0n) is 10.3. The van der Waals surface area contributed by atoms with Gasteiger partial charge in [0.25, 0.3) is 0 Å². The van der Waals surface area contributed by atoms with Gasteiger partial charge in [-0.2, -0.15) is 0 Å². The van der Waals surface area contributed by atoms with E-state index in [1.807, 2.05) is 24.3 Å². The highest BCUT2D eigenvalue weighted by molar-refractivity contribution is 5.35. The predicted molar refractivity (Wildman–Crippen MR) is 67.6 cm³/mol. The van der Waals surface area contributed by atoms with E-state index in [1.165, 1.54) is 0 Å². The fourth-order valence-electron chi connectivity index (χ4n) is 1.68. The minimum atomic E-state index is -0.375. The van der Waals surface area contributed by atoms with E-state index in [4.69, 9.17) is 15.2 Å². The van der Waals surface area contributed by atoms with Crippen LogP contribution >= 0.6 is 0 Å². The van der Waals surface area contributed by atoms with Gasteiger partial charge in [0.1, 0.15) is 11.4 Å². The molecule has 0 bridgehead atoms. The summed E-state index contributed by atoms with van der Waals surface area (Å²) < 4.78 is 10.3. The summed E-state index contributed by atoms with van der Waals surface area (Å²) in [6, 6.07) is 7.14. The summed E-state index contributed by atoms with van der Waals surface area (Å²) in [5.41, 5.74) is 7.70. The third-order valence-corrected chi connectivity index (χ3v) is 2.65. The molecule has 1 aromatic heterocycles. The maximum atomic E-state index is 6.16. The SMILES string of the molecule is COc1ccc(C(N)c2nccnc2OC)cc1. The van der Waals surface area contributed by atoms with Crippen LogP contribution in [0.2, 0.25) is 0 Å². The van der Waals surface area contributed by atoms with Gasteiger partial charge in [-0.1, -0.05) is 12.1 Å². The first-order valence-corrected chi connectivity index (χ1v) is 5.50. The minimum Gasteiger partial charge on any atom is -0.497 e. The van der Waals surface area contributed by atoms with E-state index in [1.54, 1.807) is 26.6 Å². The van der Waals surface area contributed by atoms with Crippen molar-refractivity contribution in [2.24, 2.45) is 5.73 Å². The molecule has 2 rings (SSSR count). The first-order valence-electron chi connectivity index (χ1n) is 5.50. The van der Waals surface area contributed by atoms with Gasteiger partial charge in [0.2, 0.25) is 5.88 Å². The van der Waals surface area contributed by atoms with Crippen molar-refractivity contribution >= 4 is 0 Å². The number of nitrogens with zero attached hydrogens (tertiary/aromatic N) is 2. The zero-order valence-corrected chi connectivity index (χ0v) is 10.3. The molecule has 0 spiro atoms. The molecular formula is C13H15N3O2. The predicted octanol–water partition coefficient (Wildman–Crippen LogP) is 1.54. The van der Waals surface area contributed by atoms with Crippen LogP contribution in [0.4, 0.5) is 0 Å². The van der Waals surface area contributed by atoms with Gasteiger partial charge in [-0.15, -0.1) is 0 Å². The summed E-state index contributed by atoms with van der Waals surface area (Å²) >= 11 is 0. The Balaban J connectivity index is 2.31. The topological polar surface area (TPSA) is 70.3 Å². The van der Waals surface area contributed by atoms with Crippen molar-refractivity contribution < 1.29 is 9.47 Å². The number of hydrogen-bond donors (Lipinski definition) is 1. The highest BCUT2D eigenvalue weighted by atomic mass is 16.5. The molecule has 0 saturated heterocycles. The summed E-state index contributed by atoms with van der Waals surface area (Å²) in [5, 5.41) is 0. The van der Waals surface area contributed by atoms with E-state index in [9.17, 15) is 0 Å². The highest BCUT2D eigenvalue weighted by Gasteiger charge is 2.16. The van der Waals surface area contributed by atoms with Crippen molar-refractivity contribution in [1.29, 1.82) is 0 Å². The van der Waals surface area contributed by atoms with Crippen LogP contribution in [0.25, 0.3) is 0 Å². The molecular weight excluding hydrogens is 230 g/mol. The van der Waals surface area contributed by atoms with Crippen molar-refractivity contribution in [2.75, 3.05) is 14.2 Å². The van der Waals surface area contributed by atoms with Gasteiger partial charge in [-0.05, 0) is 17.7 Å². The summed E-state index contributed by atoms with van der Waals surface area (Å²) in [4.78, 5) is 8.31. The molecule has 18 heavy (non-hydrogen) atoms. The number of rotatable bonds is 4. The molecule has 0 saturated carbocycles. The maximum Gasteiger partial charge on any atom is 0.237 e. The van der Waals surface area contributed by atoms with Crippen molar-refractivity contribution in [3.63, 3.8) is 0 Å². The van der Waals surface area contributed by atoms with Gasteiger partial charge in [0, 0.05) is 12.4 Å². The number of benzene rings is 1. The Morgan fingerprint density at radius 2 is 1.67 bits per heavy atom. The summed E-state index contributed by atoms with van der Waals surface area (Å²) in [6.07, 6.45) is 3.17. The first kappa shape index (κ1) is 12.3. The van der Waals surface area contributed by atoms with Crippen LogP contribution in [-0.2, 0) is 0 Å². The minimum absolute atomic E-state index is 0.375. The lowest BCUT2D eigenvalue weighted by Crippen LogP contribution is -2.15. The quantitative estimate of drug-likeness (QED) is 0.884. The second kappa shape index (κ2) is 5.46. The summed E-state index contributed by atoms with van der Waals surface area (Å²) in [5.74, 6) is 1.23.